The lowest BCUT2D eigenvalue weighted by atomic mass is 10.0. The summed E-state index contributed by atoms with van der Waals surface area (Å²) in [7, 11) is 0. The van der Waals surface area contributed by atoms with E-state index in [1.165, 1.54) is 0 Å². The van der Waals surface area contributed by atoms with E-state index in [4.69, 9.17) is 5.73 Å². The van der Waals surface area contributed by atoms with Crippen LogP contribution >= 0.6 is 12.4 Å². The maximum absolute atomic E-state index is 5.45. The van der Waals surface area contributed by atoms with E-state index < -0.39 is 0 Å². The molecule has 0 aromatic carbocycles. The Hall–Kier alpha value is -0.270. The van der Waals surface area contributed by atoms with Crippen molar-refractivity contribution in [3.63, 3.8) is 0 Å². The molecule has 0 rings (SSSR count). The van der Waals surface area contributed by atoms with E-state index in [9.17, 15) is 0 Å². The van der Waals surface area contributed by atoms with Crippen LogP contribution in [-0.2, 0) is 0 Å². The van der Waals surface area contributed by atoms with Crippen molar-refractivity contribution in [2.24, 2.45) is 11.7 Å². The van der Waals surface area contributed by atoms with Gasteiger partial charge < -0.3 is 5.73 Å². The summed E-state index contributed by atoms with van der Waals surface area (Å²) in [5.74, 6) is 0.556. The third-order valence-electron chi connectivity index (χ3n) is 1.33. The number of hydrogen-bond acceptors (Lipinski definition) is 1. The number of hydrogen-bond donors (Lipinski definition) is 1. The Kier molecular flexibility index (Phi) is 10.8. The molecule has 2 N–H and O–H groups in total. The van der Waals surface area contributed by atoms with Crippen molar-refractivity contribution in [2.75, 3.05) is 6.54 Å². The average Bonchev–Trinajstić information content (AvgIpc) is 1.88. The Morgan fingerprint density at radius 2 is 1.60 bits per heavy atom. The Bertz CT molecular complexity index is 81.3. The van der Waals surface area contributed by atoms with Gasteiger partial charge in [-0.1, -0.05) is 12.2 Å². The van der Waals surface area contributed by atoms with Crippen LogP contribution in [0, 0.1) is 5.92 Å². The van der Waals surface area contributed by atoms with Gasteiger partial charge in [0.25, 0.3) is 0 Å². The highest BCUT2D eigenvalue weighted by atomic mass is 35.5. The molecule has 0 aromatic rings. The summed E-state index contributed by atoms with van der Waals surface area (Å²) in [6.07, 6.45) is 5.81. The standard InChI is InChI=1S/C8H15N.ClH/c1-3-5-8(7-9)6-4-2;/h3-4,8H,1-2,5-7,9H2;1H. The van der Waals surface area contributed by atoms with Gasteiger partial charge in [-0.3, -0.25) is 0 Å². The Balaban J connectivity index is 0. The number of nitrogens with two attached hydrogens (primary N) is 1. The second-order valence-corrected chi connectivity index (χ2v) is 2.15. The minimum absolute atomic E-state index is 0. The van der Waals surface area contributed by atoms with Crippen LogP contribution in [0.4, 0.5) is 0 Å². The van der Waals surface area contributed by atoms with Gasteiger partial charge in [-0.15, -0.1) is 25.6 Å². The normalized spacial score (nSPS) is 8.60. The van der Waals surface area contributed by atoms with E-state index in [-0.39, 0.29) is 12.4 Å². The molecule has 0 aromatic heterocycles. The van der Waals surface area contributed by atoms with E-state index in [2.05, 4.69) is 13.2 Å². The molecule has 0 atom stereocenters. The molecular weight excluding hydrogens is 146 g/mol. The smallest absolute Gasteiger partial charge is 0.00429 e. The fourth-order valence-corrected chi connectivity index (χ4v) is 0.760. The molecule has 60 valence electrons. The number of halogens is 1. The molecule has 0 unspecified atom stereocenters. The summed E-state index contributed by atoms with van der Waals surface area (Å²) in [5, 5.41) is 0. The van der Waals surface area contributed by atoms with E-state index in [0.29, 0.717) is 5.92 Å². The van der Waals surface area contributed by atoms with Crippen LogP contribution < -0.4 is 5.73 Å². The minimum atomic E-state index is 0. The van der Waals surface area contributed by atoms with Crippen molar-refractivity contribution in [1.82, 2.24) is 0 Å². The second-order valence-electron chi connectivity index (χ2n) is 2.15. The molecule has 10 heavy (non-hydrogen) atoms. The maximum atomic E-state index is 5.45. The first-order valence-electron chi connectivity index (χ1n) is 3.27. The van der Waals surface area contributed by atoms with Crippen LogP contribution in [0.25, 0.3) is 0 Å². The summed E-state index contributed by atoms with van der Waals surface area (Å²) in [5.41, 5.74) is 5.45. The van der Waals surface area contributed by atoms with E-state index in [1.807, 2.05) is 12.2 Å². The van der Waals surface area contributed by atoms with Crippen molar-refractivity contribution in [3.05, 3.63) is 25.3 Å². The molecular formula is C8H16ClN. The van der Waals surface area contributed by atoms with Crippen molar-refractivity contribution >= 4 is 12.4 Å². The average molecular weight is 162 g/mol. The molecule has 2 heteroatoms. The summed E-state index contributed by atoms with van der Waals surface area (Å²) >= 11 is 0. The van der Waals surface area contributed by atoms with Gasteiger partial charge in [0.05, 0.1) is 0 Å². The third kappa shape index (κ3) is 5.86. The van der Waals surface area contributed by atoms with Crippen molar-refractivity contribution < 1.29 is 0 Å². The molecule has 0 amide bonds. The number of rotatable bonds is 5. The van der Waals surface area contributed by atoms with Crippen LogP contribution in [-0.4, -0.2) is 6.54 Å². The molecule has 0 aliphatic rings. The monoisotopic (exact) mass is 161 g/mol. The van der Waals surface area contributed by atoms with Crippen LogP contribution in [0.3, 0.4) is 0 Å². The third-order valence-corrected chi connectivity index (χ3v) is 1.33. The van der Waals surface area contributed by atoms with Gasteiger partial charge >= 0.3 is 0 Å². The number of allylic oxidation sites excluding steroid dienone is 2. The predicted octanol–water partition coefficient (Wildman–Crippen LogP) is 2.14. The van der Waals surface area contributed by atoms with Gasteiger partial charge in [0.2, 0.25) is 0 Å². The van der Waals surface area contributed by atoms with Crippen LogP contribution in [0.5, 0.6) is 0 Å². The van der Waals surface area contributed by atoms with E-state index >= 15 is 0 Å². The molecule has 0 fully saturated rings. The summed E-state index contributed by atoms with van der Waals surface area (Å²) < 4.78 is 0. The molecule has 1 nitrogen and oxygen atoms in total. The van der Waals surface area contributed by atoms with Crippen LogP contribution in [0.15, 0.2) is 25.3 Å². The van der Waals surface area contributed by atoms with E-state index in [1.54, 1.807) is 0 Å². The first-order valence-corrected chi connectivity index (χ1v) is 3.27. The molecule has 0 aliphatic heterocycles. The maximum Gasteiger partial charge on any atom is -0.00429 e. The summed E-state index contributed by atoms with van der Waals surface area (Å²) in [4.78, 5) is 0. The van der Waals surface area contributed by atoms with E-state index in [0.717, 1.165) is 19.4 Å². The molecule has 0 spiro atoms. The van der Waals surface area contributed by atoms with Gasteiger partial charge in [-0.2, -0.15) is 0 Å². The van der Waals surface area contributed by atoms with Gasteiger partial charge in [0, 0.05) is 0 Å². The highest BCUT2D eigenvalue weighted by molar-refractivity contribution is 5.85. The molecule has 0 bridgehead atoms. The first kappa shape index (κ1) is 12.4. The molecule has 0 radical (unpaired) electrons. The summed E-state index contributed by atoms with van der Waals surface area (Å²) in [6.45, 7) is 8.02. The predicted molar refractivity (Wildman–Crippen MR) is 49.4 cm³/mol. The van der Waals surface area contributed by atoms with Gasteiger partial charge in [-0.05, 0) is 25.3 Å². The van der Waals surface area contributed by atoms with Crippen molar-refractivity contribution in [2.45, 2.75) is 12.8 Å². The lowest BCUT2D eigenvalue weighted by Gasteiger charge is -2.07. The topological polar surface area (TPSA) is 26.0 Å². The largest absolute Gasteiger partial charge is 0.330 e. The lowest BCUT2D eigenvalue weighted by Crippen LogP contribution is -2.12. The Labute approximate surface area is 69.4 Å². The van der Waals surface area contributed by atoms with Crippen LogP contribution in [0.1, 0.15) is 12.8 Å². The zero-order valence-corrected chi connectivity index (χ0v) is 7.07. The lowest BCUT2D eigenvalue weighted by molar-refractivity contribution is 0.556. The SMILES string of the molecule is C=CCC(CN)CC=C.Cl. The molecule has 0 saturated heterocycles. The highest BCUT2D eigenvalue weighted by Gasteiger charge is 1.99. The zero-order valence-electron chi connectivity index (χ0n) is 6.25. The summed E-state index contributed by atoms with van der Waals surface area (Å²) in [6, 6.07) is 0. The molecule has 0 saturated carbocycles. The molecule has 0 aliphatic carbocycles. The minimum Gasteiger partial charge on any atom is -0.330 e. The Morgan fingerprint density at radius 1 is 1.20 bits per heavy atom. The second kappa shape index (κ2) is 8.73. The Morgan fingerprint density at radius 3 is 1.80 bits per heavy atom. The van der Waals surface area contributed by atoms with Gasteiger partial charge in [-0.25, -0.2) is 0 Å². The van der Waals surface area contributed by atoms with Crippen molar-refractivity contribution in [1.29, 1.82) is 0 Å². The van der Waals surface area contributed by atoms with Gasteiger partial charge in [0.15, 0.2) is 0 Å². The zero-order chi connectivity index (χ0) is 7.11. The fourth-order valence-electron chi connectivity index (χ4n) is 0.760. The fraction of sp³-hybridized carbons (Fsp3) is 0.500. The molecule has 0 heterocycles. The van der Waals surface area contributed by atoms with Crippen molar-refractivity contribution in [3.8, 4) is 0 Å². The highest BCUT2D eigenvalue weighted by Crippen LogP contribution is 2.06. The quantitative estimate of drug-likeness (QED) is 0.615. The first-order chi connectivity index (χ1) is 4.35. The van der Waals surface area contributed by atoms with Gasteiger partial charge in [0.1, 0.15) is 0 Å². The van der Waals surface area contributed by atoms with Crippen LogP contribution in [0.2, 0.25) is 0 Å².